The maximum atomic E-state index is 14.2. The van der Waals surface area contributed by atoms with Gasteiger partial charge in [-0.2, -0.15) is 0 Å². The summed E-state index contributed by atoms with van der Waals surface area (Å²) in [6.07, 6.45) is 0. The van der Waals surface area contributed by atoms with E-state index in [4.69, 9.17) is 17.3 Å². The van der Waals surface area contributed by atoms with E-state index < -0.39 is 11.9 Å². The third kappa shape index (κ3) is 2.30. The number of nitrogens with zero attached hydrogens (tertiary/aromatic N) is 1. The summed E-state index contributed by atoms with van der Waals surface area (Å²) >= 11 is 6.16. The van der Waals surface area contributed by atoms with Crippen molar-refractivity contribution in [3.63, 3.8) is 0 Å². The van der Waals surface area contributed by atoms with Crippen molar-refractivity contribution in [3.8, 4) is 5.69 Å². The molecule has 1 heterocycles. The van der Waals surface area contributed by atoms with Crippen LogP contribution in [0.5, 0.6) is 0 Å². The molecule has 0 aliphatic rings. The summed E-state index contributed by atoms with van der Waals surface area (Å²) in [5, 5.41) is 1.39. The summed E-state index contributed by atoms with van der Waals surface area (Å²) in [4.78, 5) is 12.9. The van der Waals surface area contributed by atoms with Crippen LogP contribution < -0.4 is 11.3 Å². The Labute approximate surface area is 131 Å². The third-order valence-corrected chi connectivity index (χ3v) is 3.90. The maximum absolute atomic E-state index is 14.2. The lowest BCUT2D eigenvalue weighted by molar-refractivity contribution is 0.609. The first kappa shape index (κ1) is 14.8. The highest BCUT2D eigenvalue weighted by Gasteiger charge is 2.17. The average Bonchev–Trinajstić information content (AvgIpc) is 2.48. The lowest BCUT2D eigenvalue weighted by Crippen LogP contribution is -2.26. The van der Waals surface area contributed by atoms with Crippen LogP contribution in [0.15, 0.2) is 53.3 Å². The molecule has 0 spiro atoms. The number of pyridine rings is 1. The van der Waals surface area contributed by atoms with E-state index in [2.05, 4.69) is 0 Å². The molecule has 112 valence electrons. The fourth-order valence-corrected chi connectivity index (χ4v) is 2.82. The Hall–Kier alpha value is -2.17. The number of halogens is 2. The highest BCUT2D eigenvalue weighted by molar-refractivity contribution is 6.35. The number of rotatable bonds is 2. The van der Waals surface area contributed by atoms with Crippen LogP contribution in [-0.2, 0) is 0 Å². The first-order valence-corrected chi connectivity index (χ1v) is 7.23. The van der Waals surface area contributed by atoms with E-state index in [1.54, 1.807) is 49.4 Å². The van der Waals surface area contributed by atoms with Gasteiger partial charge >= 0.3 is 0 Å². The largest absolute Gasteiger partial charge is 0.323 e. The zero-order valence-corrected chi connectivity index (χ0v) is 12.6. The molecule has 3 aromatic rings. The lowest BCUT2D eigenvalue weighted by atomic mass is 10.1. The molecule has 1 unspecified atom stereocenters. The van der Waals surface area contributed by atoms with E-state index in [1.807, 2.05) is 0 Å². The lowest BCUT2D eigenvalue weighted by Gasteiger charge is -2.18. The summed E-state index contributed by atoms with van der Waals surface area (Å²) in [6.45, 7) is 1.75. The molecule has 1 aromatic heterocycles. The number of para-hydroxylation sites is 1. The van der Waals surface area contributed by atoms with Gasteiger partial charge in [-0.15, -0.1) is 0 Å². The highest BCUT2D eigenvalue weighted by atomic mass is 35.5. The quantitative estimate of drug-likeness (QED) is 0.781. The molecule has 0 saturated heterocycles. The van der Waals surface area contributed by atoms with E-state index >= 15 is 0 Å². The Morgan fingerprint density at radius 2 is 1.91 bits per heavy atom. The fourth-order valence-electron chi connectivity index (χ4n) is 2.56. The summed E-state index contributed by atoms with van der Waals surface area (Å²) in [5.41, 5.74) is 6.31. The Morgan fingerprint density at radius 3 is 2.59 bits per heavy atom. The van der Waals surface area contributed by atoms with Crippen LogP contribution in [0.1, 0.15) is 18.7 Å². The molecule has 0 saturated carbocycles. The summed E-state index contributed by atoms with van der Waals surface area (Å²) in [6, 6.07) is 12.6. The summed E-state index contributed by atoms with van der Waals surface area (Å²) in [5.74, 6) is -0.488. The Bertz CT molecular complexity index is 918. The molecule has 0 amide bonds. The number of nitrogens with two attached hydrogens (primary N) is 1. The van der Waals surface area contributed by atoms with Crippen LogP contribution >= 0.6 is 11.6 Å². The van der Waals surface area contributed by atoms with E-state index in [0.29, 0.717) is 21.5 Å². The normalized spacial score (nSPS) is 12.5. The number of hydrogen-bond donors (Lipinski definition) is 1. The van der Waals surface area contributed by atoms with E-state index in [1.165, 1.54) is 10.6 Å². The smallest absolute Gasteiger partial charge is 0.264 e. The third-order valence-electron chi connectivity index (χ3n) is 3.58. The van der Waals surface area contributed by atoms with Crippen molar-refractivity contribution in [2.75, 3.05) is 0 Å². The molecule has 0 bridgehead atoms. The molecule has 1 atom stereocenters. The molecular weight excluding hydrogens is 303 g/mol. The van der Waals surface area contributed by atoms with Gasteiger partial charge in [-0.05, 0) is 36.6 Å². The van der Waals surface area contributed by atoms with E-state index in [-0.39, 0.29) is 11.2 Å². The molecule has 0 radical (unpaired) electrons. The van der Waals surface area contributed by atoms with Crippen LogP contribution in [0.3, 0.4) is 0 Å². The van der Waals surface area contributed by atoms with Gasteiger partial charge in [0.2, 0.25) is 0 Å². The van der Waals surface area contributed by atoms with E-state index in [9.17, 15) is 9.18 Å². The standard InChI is InChI=1S/C17H14ClFN2O/c1-10(20)15-9-11-5-4-6-12(18)16(11)17(22)21(15)14-8-3-2-7-13(14)19/h2-10H,20H2,1H3. The van der Waals surface area contributed by atoms with Crippen molar-refractivity contribution >= 4 is 22.4 Å². The zero-order chi connectivity index (χ0) is 15.9. The van der Waals surface area contributed by atoms with Gasteiger partial charge < -0.3 is 5.73 Å². The van der Waals surface area contributed by atoms with Gasteiger partial charge in [0.1, 0.15) is 5.82 Å². The van der Waals surface area contributed by atoms with Gasteiger partial charge in [-0.3, -0.25) is 9.36 Å². The first-order valence-electron chi connectivity index (χ1n) is 6.85. The molecule has 3 rings (SSSR count). The Morgan fingerprint density at radius 1 is 1.18 bits per heavy atom. The second-order valence-corrected chi connectivity index (χ2v) is 5.56. The molecule has 3 nitrogen and oxygen atoms in total. The first-order chi connectivity index (χ1) is 10.5. The molecule has 5 heteroatoms. The van der Waals surface area contributed by atoms with Crippen molar-refractivity contribution < 1.29 is 4.39 Å². The Balaban J connectivity index is 2.50. The molecule has 22 heavy (non-hydrogen) atoms. The molecule has 2 N–H and O–H groups in total. The topological polar surface area (TPSA) is 48.0 Å². The van der Waals surface area contributed by atoms with Crippen LogP contribution in [-0.4, -0.2) is 4.57 Å². The molecule has 0 fully saturated rings. The van der Waals surface area contributed by atoms with E-state index in [0.717, 1.165) is 0 Å². The van der Waals surface area contributed by atoms with Crippen LogP contribution in [0.25, 0.3) is 16.5 Å². The fraction of sp³-hybridized carbons (Fsp3) is 0.118. The second-order valence-electron chi connectivity index (χ2n) is 5.15. The highest BCUT2D eigenvalue weighted by Crippen LogP contribution is 2.25. The number of hydrogen-bond acceptors (Lipinski definition) is 2. The predicted octanol–water partition coefficient (Wildman–Crippen LogP) is 3.80. The minimum Gasteiger partial charge on any atom is -0.323 e. The van der Waals surface area contributed by atoms with Crippen LogP contribution in [0, 0.1) is 5.82 Å². The van der Waals surface area contributed by atoms with Crippen molar-refractivity contribution in [1.82, 2.24) is 4.57 Å². The maximum Gasteiger partial charge on any atom is 0.264 e. The number of fused-ring (bicyclic) bond motifs is 1. The Kier molecular flexibility index (Phi) is 3.72. The minimum absolute atomic E-state index is 0.168. The number of aromatic nitrogens is 1. The van der Waals surface area contributed by atoms with Gasteiger partial charge in [0.05, 0.1) is 16.1 Å². The molecule has 0 aliphatic heterocycles. The van der Waals surface area contributed by atoms with Crippen LogP contribution in [0.2, 0.25) is 5.02 Å². The number of benzene rings is 2. The van der Waals surface area contributed by atoms with Gasteiger partial charge in [-0.1, -0.05) is 35.9 Å². The van der Waals surface area contributed by atoms with Crippen molar-refractivity contribution in [2.45, 2.75) is 13.0 Å². The predicted molar refractivity (Wildman–Crippen MR) is 87.1 cm³/mol. The molecular formula is C17H14ClFN2O. The molecule has 2 aromatic carbocycles. The molecule has 0 aliphatic carbocycles. The van der Waals surface area contributed by atoms with Crippen LogP contribution in [0.4, 0.5) is 4.39 Å². The summed E-state index contributed by atoms with van der Waals surface area (Å²) in [7, 11) is 0. The van der Waals surface area contributed by atoms with Crippen molar-refractivity contribution in [1.29, 1.82) is 0 Å². The van der Waals surface area contributed by atoms with Crippen molar-refractivity contribution in [2.24, 2.45) is 5.73 Å². The van der Waals surface area contributed by atoms with Gasteiger partial charge in [0.25, 0.3) is 5.56 Å². The minimum atomic E-state index is -0.488. The zero-order valence-electron chi connectivity index (χ0n) is 11.9. The monoisotopic (exact) mass is 316 g/mol. The second kappa shape index (κ2) is 5.55. The SMILES string of the molecule is CC(N)c1cc2cccc(Cl)c2c(=O)n1-c1ccccc1F. The average molecular weight is 317 g/mol. The van der Waals surface area contributed by atoms with Crippen molar-refractivity contribution in [3.05, 3.63) is 75.4 Å². The van der Waals surface area contributed by atoms with Gasteiger partial charge in [-0.25, -0.2) is 4.39 Å². The van der Waals surface area contributed by atoms with Gasteiger partial charge in [0, 0.05) is 11.7 Å². The van der Waals surface area contributed by atoms with Gasteiger partial charge in [0.15, 0.2) is 0 Å². The summed E-state index contributed by atoms with van der Waals surface area (Å²) < 4.78 is 15.5.